The maximum Gasteiger partial charge on any atom is 0.306 e. The summed E-state index contributed by atoms with van der Waals surface area (Å²) in [6.45, 7) is 6.07. The molecule has 0 bridgehead atoms. The Balaban J connectivity index is 3.20. The lowest BCUT2D eigenvalue weighted by Crippen LogP contribution is -2.16. The summed E-state index contributed by atoms with van der Waals surface area (Å²) in [6, 6.07) is 4.03. The van der Waals surface area contributed by atoms with Gasteiger partial charge in [-0.3, -0.25) is 10.1 Å². The molecule has 1 rings (SSSR count). The van der Waals surface area contributed by atoms with Gasteiger partial charge in [-0.05, 0) is 6.07 Å². The number of hydrogen-bond donors (Lipinski definition) is 0. The first-order valence-corrected chi connectivity index (χ1v) is 8.27. The van der Waals surface area contributed by atoms with Crippen LogP contribution in [0.2, 0.25) is 19.6 Å². The lowest BCUT2D eigenvalue weighted by Gasteiger charge is -2.03. The van der Waals surface area contributed by atoms with E-state index < -0.39 is 24.5 Å². The predicted octanol–water partition coefficient (Wildman–Crippen LogP) is 2.96. The van der Waals surface area contributed by atoms with E-state index in [2.05, 4.69) is 11.5 Å². The van der Waals surface area contributed by atoms with Crippen molar-refractivity contribution in [2.24, 2.45) is 0 Å². The van der Waals surface area contributed by atoms with Gasteiger partial charge in [0, 0.05) is 6.07 Å². The molecule has 0 amide bonds. The van der Waals surface area contributed by atoms with Gasteiger partial charge in [-0.15, -0.1) is 5.54 Å². The van der Waals surface area contributed by atoms with E-state index in [1.54, 1.807) is 0 Å². The zero-order chi connectivity index (χ0) is 12.3. The highest BCUT2D eigenvalue weighted by Gasteiger charge is 2.16. The molecule has 0 unspecified atom stereocenters. The molecule has 0 saturated heterocycles. The molecule has 1 aromatic carbocycles. The minimum Gasteiger partial charge on any atom is -0.258 e. The predicted molar refractivity (Wildman–Crippen MR) is 63.3 cm³/mol. The lowest BCUT2D eigenvalue weighted by atomic mass is 10.2. The second-order valence-electron chi connectivity index (χ2n) is 4.40. The van der Waals surface area contributed by atoms with E-state index in [0.717, 1.165) is 6.07 Å². The molecule has 0 atom stereocenters. The molecule has 0 aliphatic rings. The minimum absolute atomic E-state index is 0.0941. The van der Waals surface area contributed by atoms with Crippen LogP contribution in [-0.4, -0.2) is 13.0 Å². The SMILES string of the molecule is C[Si](C)(C)C#Cc1cccc([N+](=O)[O-])c1F. The van der Waals surface area contributed by atoms with Crippen LogP contribution < -0.4 is 0 Å². The highest BCUT2D eigenvalue weighted by atomic mass is 28.3. The Morgan fingerprint density at radius 3 is 2.50 bits per heavy atom. The van der Waals surface area contributed by atoms with Crippen molar-refractivity contribution in [3.05, 3.63) is 39.7 Å². The van der Waals surface area contributed by atoms with E-state index >= 15 is 0 Å². The first kappa shape index (κ1) is 12.4. The molecule has 0 radical (unpaired) electrons. The molecule has 0 fully saturated rings. The summed E-state index contributed by atoms with van der Waals surface area (Å²) in [5.74, 6) is 1.83. The van der Waals surface area contributed by atoms with Crippen molar-refractivity contribution in [1.29, 1.82) is 0 Å². The number of benzene rings is 1. The summed E-state index contributed by atoms with van der Waals surface area (Å²) in [6.07, 6.45) is 0. The lowest BCUT2D eigenvalue weighted by molar-refractivity contribution is -0.387. The first-order valence-electron chi connectivity index (χ1n) is 4.77. The molecular formula is C11H12FNO2Si. The van der Waals surface area contributed by atoms with Crippen molar-refractivity contribution >= 4 is 13.8 Å². The third-order valence-electron chi connectivity index (χ3n) is 1.75. The van der Waals surface area contributed by atoms with E-state index in [0.29, 0.717) is 0 Å². The molecule has 0 spiro atoms. The number of nitrogens with zero attached hydrogens (tertiary/aromatic N) is 1. The Morgan fingerprint density at radius 2 is 2.00 bits per heavy atom. The van der Waals surface area contributed by atoms with Gasteiger partial charge in [0.2, 0.25) is 5.82 Å². The highest BCUT2D eigenvalue weighted by Crippen LogP contribution is 2.19. The second kappa shape index (κ2) is 4.45. The van der Waals surface area contributed by atoms with Gasteiger partial charge < -0.3 is 0 Å². The maximum absolute atomic E-state index is 13.6. The number of rotatable bonds is 1. The van der Waals surface area contributed by atoms with Crippen molar-refractivity contribution in [3.8, 4) is 11.5 Å². The quantitative estimate of drug-likeness (QED) is 0.326. The van der Waals surface area contributed by atoms with Crippen LogP contribution in [-0.2, 0) is 0 Å². The van der Waals surface area contributed by atoms with Gasteiger partial charge in [0.15, 0.2) is 0 Å². The van der Waals surface area contributed by atoms with Gasteiger partial charge >= 0.3 is 5.69 Å². The number of halogens is 1. The largest absolute Gasteiger partial charge is 0.306 e. The van der Waals surface area contributed by atoms with Crippen LogP contribution in [0.4, 0.5) is 10.1 Å². The standard InChI is InChI=1S/C11H12FNO2Si/c1-16(2,3)8-7-9-5-4-6-10(11(9)12)13(14)15/h4-6H,1-3H3. The van der Waals surface area contributed by atoms with E-state index in [-0.39, 0.29) is 5.56 Å². The Hall–Kier alpha value is -1.67. The molecule has 1 aromatic rings. The Morgan fingerprint density at radius 1 is 1.38 bits per heavy atom. The Labute approximate surface area is 94.5 Å². The molecule has 84 valence electrons. The van der Waals surface area contributed by atoms with Crippen molar-refractivity contribution in [2.45, 2.75) is 19.6 Å². The van der Waals surface area contributed by atoms with E-state index in [1.165, 1.54) is 12.1 Å². The molecule has 0 aliphatic carbocycles. The molecule has 0 aliphatic heterocycles. The molecule has 5 heteroatoms. The summed E-state index contributed by atoms with van der Waals surface area (Å²) < 4.78 is 13.6. The van der Waals surface area contributed by atoms with E-state index in [1.807, 2.05) is 19.6 Å². The fraction of sp³-hybridized carbons (Fsp3) is 0.273. The third-order valence-corrected chi connectivity index (χ3v) is 2.62. The highest BCUT2D eigenvalue weighted by molar-refractivity contribution is 6.83. The maximum atomic E-state index is 13.6. The van der Waals surface area contributed by atoms with Gasteiger partial charge in [0.25, 0.3) is 0 Å². The average Bonchev–Trinajstić information content (AvgIpc) is 2.14. The van der Waals surface area contributed by atoms with Crippen LogP contribution in [0, 0.1) is 27.4 Å². The summed E-state index contributed by atoms with van der Waals surface area (Å²) in [7, 11) is -1.61. The molecule has 3 nitrogen and oxygen atoms in total. The van der Waals surface area contributed by atoms with Crippen LogP contribution in [0.1, 0.15) is 5.56 Å². The zero-order valence-corrected chi connectivity index (χ0v) is 10.4. The number of nitro groups is 1. The van der Waals surface area contributed by atoms with Crippen molar-refractivity contribution in [2.75, 3.05) is 0 Å². The van der Waals surface area contributed by atoms with Gasteiger partial charge in [0.05, 0.1) is 10.5 Å². The van der Waals surface area contributed by atoms with Crippen molar-refractivity contribution in [1.82, 2.24) is 0 Å². The molecule has 16 heavy (non-hydrogen) atoms. The topological polar surface area (TPSA) is 43.1 Å². The van der Waals surface area contributed by atoms with Crippen LogP contribution >= 0.6 is 0 Å². The van der Waals surface area contributed by atoms with Crippen LogP contribution in [0.25, 0.3) is 0 Å². The number of hydrogen-bond acceptors (Lipinski definition) is 2. The van der Waals surface area contributed by atoms with Gasteiger partial charge in [-0.2, -0.15) is 4.39 Å². The van der Waals surface area contributed by atoms with Crippen molar-refractivity contribution in [3.63, 3.8) is 0 Å². The molecule has 0 aromatic heterocycles. The normalized spacial score (nSPS) is 10.5. The Bertz CT molecular complexity index is 483. The van der Waals surface area contributed by atoms with Crippen LogP contribution in [0.3, 0.4) is 0 Å². The molecule has 0 saturated carbocycles. The van der Waals surface area contributed by atoms with E-state index in [9.17, 15) is 14.5 Å². The summed E-state index contributed by atoms with van der Waals surface area (Å²) >= 11 is 0. The average molecular weight is 237 g/mol. The Kier molecular flexibility index (Phi) is 3.45. The fourth-order valence-electron chi connectivity index (χ4n) is 1.01. The van der Waals surface area contributed by atoms with Crippen LogP contribution in [0.15, 0.2) is 18.2 Å². The molecule has 0 N–H and O–H groups in total. The summed E-state index contributed by atoms with van der Waals surface area (Å²) in [5.41, 5.74) is 2.54. The van der Waals surface area contributed by atoms with Gasteiger partial charge in [-0.25, -0.2) is 0 Å². The van der Waals surface area contributed by atoms with Gasteiger partial charge in [-0.1, -0.05) is 31.6 Å². The third kappa shape index (κ3) is 3.17. The number of nitro benzene ring substituents is 1. The monoisotopic (exact) mass is 237 g/mol. The van der Waals surface area contributed by atoms with E-state index in [4.69, 9.17) is 0 Å². The fourth-order valence-corrected chi connectivity index (χ4v) is 1.52. The second-order valence-corrected chi connectivity index (χ2v) is 9.15. The smallest absolute Gasteiger partial charge is 0.258 e. The first-order chi connectivity index (χ1) is 7.31. The van der Waals surface area contributed by atoms with Crippen molar-refractivity contribution < 1.29 is 9.31 Å². The van der Waals surface area contributed by atoms with Gasteiger partial charge in [0.1, 0.15) is 8.07 Å². The summed E-state index contributed by atoms with van der Waals surface area (Å²) in [4.78, 5) is 9.76. The zero-order valence-electron chi connectivity index (χ0n) is 9.37. The molecular weight excluding hydrogens is 225 g/mol. The molecule has 0 heterocycles. The summed E-state index contributed by atoms with van der Waals surface area (Å²) in [5, 5.41) is 10.5. The minimum atomic E-state index is -1.61. The van der Waals surface area contributed by atoms with Crippen LogP contribution in [0.5, 0.6) is 0 Å².